The van der Waals surface area contributed by atoms with E-state index in [9.17, 15) is 9.59 Å². The van der Waals surface area contributed by atoms with Crippen LogP contribution in [0.4, 0.5) is 0 Å². The molecule has 3 aromatic rings. The molecule has 184 valence electrons. The molecule has 5 heteroatoms. The van der Waals surface area contributed by atoms with E-state index >= 15 is 0 Å². The Labute approximate surface area is 219 Å². The number of carbonyl (C=O) groups is 1. The van der Waals surface area contributed by atoms with Crippen molar-refractivity contribution in [1.29, 1.82) is 0 Å². The Morgan fingerprint density at radius 1 is 0.914 bits per heavy atom. The van der Waals surface area contributed by atoms with Gasteiger partial charge in [0.15, 0.2) is 0 Å². The van der Waals surface area contributed by atoms with Gasteiger partial charge in [0.25, 0.3) is 8.32 Å². The van der Waals surface area contributed by atoms with E-state index in [1.165, 1.54) is 0 Å². The van der Waals surface area contributed by atoms with Crippen molar-refractivity contribution in [3.63, 3.8) is 0 Å². The molecule has 0 aliphatic carbocycles. The smallest absolute Gasteiger partial charge is 0.338 e. The van der Waals surface area contributed by atoms with Gasteiger partial charge in [0, 0.05) is 6.42 Å². The van der Waals surface area contributed by atoms with Gasteiger partial charge in [-0.05, 0) is 51.3 Å². The number of benzene rings is 3. The van der Waals surface area contributed by atoms with Crippen LogP contribution in [0.25, 0.3) is 0 Å². The normalized spacial score (nSPS) is 12.7. The Kier molecular flexibility index (Phi) is 9.67. The third kappa shape index (κ3) is 7.03. The van der Waals surface area contributed by atoms with Crippen molar-refractivity contribution < 1.29 is 14.3 Å². The van der Waals surface area contributed by atoms with Crippen LogP contribution in [-0.4, -0.2) is 25.2 Å². The molecular weight excluding hydrogens is 516 g/mol. The second-order valence-corrected chi connectivity index (χ2v) is 14.7. The van der Waals surface area contributed by atoms with Gasteiger partial charge in [0.2, 0.25) is 0 Å². The Morgan fingerprint density at radius 2 is 1.40 bits per heavy atom. The highest BCUT2D eigenvalue weighted by Crippen LogP contribution is 2.40. The summed E-state index contributed by atoms with van der Waals surface area (Å²) >= 11 is 3.43. The van der Waals surface area contributed by atoms with Crippen LogP contribution in [0.15, 0.2) is 102 Å². The highest BCUT2D eigenvalue weighted by molar-refractivity contribution is 9.11. The number of rotatable bonds is 12. The minimum absolute atomic E-state index is 0.239. The first-order valence-electron chi connectivity index (χ1n) is 12.2. The van der Waals surface area contributed by atoms with Crippen LogP contribution in [0.3, 0.4) is 0 Å². The summed E-state index contributed by atoms with van der Waals surface area (Å²) in [4.78, 5) is 24.9. The SMILES string of the molecule is C=C(Br)C[C@H](CCCCC(C)(C)[Si](O)(c1ccccc1)c1ccccc1)OC(=O)c1ccccc1. The molecule has 3 nitrogen and oxygen atoms in total. The number of unbranched alkanes of at least 4 members (excludes halogenated alkanes) is 1. The summed E-state index contributed by atoms with van der Waals surface area (Å²) in [6.07, 6.45) is 3.77. The molecule has 1 N–H and O–H groups in total. The lowest BCUT2D eigenvalue weighted by Crippen LogP contribution is -2.65. The summed E-state index contributed by atoms with van der Waals surface area (Å²) in [7, 11) is -3.01. The molecule has 0 unspecified atom stereocenters. The molecule has 0 aliphatic rings. The average molecular weight is 552 g/mol. The second kappa shape index (κ2) is 12.5. The highest BCUT2D eigenvalue weighted by Gasteiger charge is 2.49. The summed E-state index contributed by atoms with van der Waals surface area (Å²) in [5.41, 5.74) is 0.556. The maximum Gasteiger partial charge on any atom is 0.338 e. The first-order chi connectivity index (χ1) is 16.7. The molecule has 0 spiro atoms. The third-order valence-electron chi connectivity index (χ3n) is 6.67. The van der Waals surface area contributed by atoms with Crippen LogP contribution in [-0.2, 0) is 4.74 Å². The van der Waals surface area contributed by atoms with Crippen molar-refractivity contribution in [1.82, 2.24) is 0 Å². The van der Waals surface area contributed by atoms with Gasteiger partial charge >= 0.3 is 5.97 Å². The van der Waals surface area contributed by atoms with Crippen molar-refractivity contribution >= 4 is 40.6 Å². The molecule has 0 heterocycles. The van der Waals surface area contributed by atoms with E-state index in [-0.39, 0.29) is 17.1 Å². The van der Waals surface area contributed by atoms with Gasteiger partial charge in [-0.1, -0.05) is 122 Å². The zero-order valence-corrected chi connectivity index (χ0v) is 23.2. The van der Waals surface area contributed by atoms with Gasteiger partial charge in [-0.2, -0.15) is 0 Å². The second-order valence-electron chi connectivity index (χ2n) is 9.69. The molecule has 0 saturated heterocycles. The topological polar surface area (TPSA) is 46.5 Å². The predicted molar refractivity (Wildman–Crippen MR) is 151 cm³/mol. The summed E-state index contributed by atoms with van der Waals surface area (Å²) in [6, 6.07) is 29.3. The van der Waals surface area contributed by atoms with Crippen molar-refractivity contribution in [2.75, 3.05) is 0 Å². The van der Waals surface area contributed by atoms with Crippen molar-refractivity contribution in [2.24, 2.45) is 0 Å². The molecule has 35 heavy (non-hydrogen) atoms. The zero-order chi connectivity index (χ0) is 25.3. The molecule has 0 radical (unpaired) electrons. The van der Waals surface area contributed by atoms with Crippen LogP contribution in [0, 0.1) is 0 Å². The van der Waals surface area contributed by atoms with Gasteiger partial charge in [0.05, 0.1) is 5.56 Å². The molecule has 0 aliphatic heterocycles. The number of ether oxygens (including phenoxy) is 1. The van der Waals surface area contributed by atoms with Gasteiger partial charge < -0.3 is 9.53 Å². The molecule has 3 aromatic carbocycles. The van der Waals surface area contributed by atoms with Crippen molar-refractivity contribution in [3.05, 3.63) is 108 Å². The molecule has 0 bridgehead atoms. The lowest BCUT2D eigenvalue weighted by molar-refractivity contribution is 0.0281. The lowest BCUT2D eigenvalue weighted by atomic mass is 10.0. The predicted octanol–water partition coefficient (Wildman–Crippen LogP) is 6.60. The Balaban J connectivity index is 1.68. The number of carbonyl (C=O) groups excluding carboxylic acids is 1. The van der Waals surface area contributed by atoms with E-state index in [0.717, 1.165) is 40.5 Å². The largest absolute Gasteiger partial charge is 0.458 e. The summed E-state index contributed by atoms with van der Waals surface area (Å²) < 4.78 is 6.63. The Hall–Kier alpha value is -2.47. The molecule has 0 amide bonds. The summed E-state index contributed by atoms with van der Waals surface area (Å²) in [5.74, 6) is -0.306. The quantitative estimate of drug-likeness (QED) is 0.157. The number of halogens is 1. The molecular formula is C30H35BrO3Si. The van der Waals surface area contributed by atoms with E-state index in [1.807, 2.05) is 54.6 Å². The van der Waals surface area contributed by atoms with Gasteiger partial charge in [-0.25, -0.2) is 4.79 Å². The van der Waals surface area contributed by atoms with E-state index in [2.05, 4.69) is 60.6 Å². The van der Waals surface area contributed by atoms with Gasteiger partial charge in [-0.15, -0.1) is 0 Å². The summed E-state index contributed by atoms with van der Waals surface area (Å²) in [6.45, 7) is 8.31. The monoisotopic (exact) mass is 550 g/mol. The van der Waals surface area contributed by atoms with Crippen LogP contribution < -0.4 is 10.4 Å². The van der Waals surface area contributed by atoms with E-state index in [0.29, 0.717) is 12.0 Å². The maximum absolute atomic E-state index is 12.6. The third-order valence-corrected chi connectivity index (χ3v) is 11.5. The molecule has 3 rings (SSSR count). The van der Waals surface area contributed by atoms with E-state index < -0.39 is 8.32 Å². The van der Waals surface area contributed by atoms with Crippen LogP contribution >= 0.6 is 15.9 Å². The van der Waals surface area contributed by atoms with E-state index in [1.54, 1.807) is 12.1 Å². The van der Waals surface area contributed by atoms with Crippen LogP contribution in [0.1, 0.15) is 56.3 Å². The van der Waals surface area contributed by atoms with Crippen LogP contribution in [0.5, 0.6) is 0 Å². The minimum Gasteiger partial charge on any atom is -0.458 e. The fraction of sp³-hybridized carbons (Fsp3) is 0.300. The Bertz CT molecular complexity index is 1040. The zero-order valence-electron chi connectivity index (χ0n) is 20.6. The molecule has 0 fully saturated rings. The van der Waals surface area contributed by atoms with Crippen LogP contribution in [0.2, 0.25) is 5.04 Å². The maximum atomic E-state index is 12.6. The Morgan fingerprint density at radius 3 is 1.89 bits per heavy atom. The number of esters is 1. The number of hydrogen-bond donors (Lipinski definition) is 1. The fourth-order valence-corrected chi connectivity index (χ4v) is 8.82. The molecule has 0 saturated carbocycles. The molecule has 1 atom stereocenters. The summed E-state index contributed by atoms with van der Waals surface area (Å²) in [5, 5.41) is 1.77. The molecule has 0 aromatic heterocycles. The fourth-order valence-electron chi connectivity index (χ4n) is 4.67. The number of hydrogen-bond acceptors (Lipinski definition) is 3. The average Bonchev–Trinajstić information content (AvgIpc) is 2.87. The standard InChI is InChI=1S/C30H35BrO3Si/c1-24(31)23-26(34-29(32)25-15-7-4-8-16-25)17-13-14-22-30(2,3)35(33,27-18-9-5-10-19-27)28-20-11-6-12-21-28/h4-12,15-16,18-21,26,33H,1,13-14,17,22-23H2,2-3H3/t26-/m0/s1. The van der Waals surface area contributed by atoms with Crippen molar-refractivity contribution in [3.8, 4) is 0 Å². The first-order valence-corrected chi connectivity index (χ1v) is 14.9. The van der Waals surface area contributed by atoms with Gasteiger partial charge in [0.1, 0.15) is 6.10 Å². The lowest BCUT2D eigenvalue weighted by Gasteiger charge is -2.41. The first kappa shape index (κ1) is 27.1. The van der Waals surface area contributed by atoms with Gasteiger partial charge in [-0.3, -0.25) is 0 Å². The highest BCUT2D eigenvalue weighted by atomic mass is 79.9. The van der Waals surface area contributed by atoms with Crippen molar-refractivity contribution in [2.45, 2.75) is 57.1 Å². The van der Waals surface area contributed by atoms with E-state index in [4.69, 9.17) is 4.74 Å². The minimum atomic E-state index is -3.01.